The van der Waals surface area contributed by atoms with Crippen LogP contribution in [0.3, 0.4) is 0 Å². The molecule has 1 fully saturated rings. The molecule has 1 unspecified atom stereocenters. The number of aromatic nitrogens is 2. The number of halogens is 2. The number of nitrogens with zero attached hydrogens (tertiary/aromatic N) is 3. The third-order valence-electron chi connectivity index (χ3n) is 8.53. The molecule has 0 spiro atoms. The van der Waals surface area contributed by atoms with E-state index < -0.39 is 29.7 Å². The van der Waals surface area contributed by atoms with Gasteiger partial charge in [0.05, 0.1) is 35.1 Å². The number of hydrogen-bond donors (Lipinski definition) is 4. The molecule has 1 aliphatic rings. The lowest BCUT2D eigenvalue weighted by Crippen LogP contribution is -2.50. The number of primary amides is 1. The zero-order valence-electron chi connectivity index (χ0n) is 29.5. The summed E-state index contributed by atoms with van der Waals surface area (Å²) in [5, 5.41) is 3.99. The summed E-state index contributed by atoms with van der Waals surface area (Å²) in [4.78, 5) is 63.9. The first-order valence-corrected chi connectivity index (χ1v) is 17.7. The van der Waals surface area contributed by atoms with Crippen molar-refractivity contribution in [3.8, 4) is 0 Å². The largest absolute Gasteiger partial charge is 0.443 e. The maximum atomic E-state index is 13.7. The normalized spacial score (nSPS) is 14.6. The summed E-state index contributed by atoms with van der Waals surface area (Å²) in [5.41, 5.74) is 14.8. The minimum Gasteiger partial charge on any atom is -0.443 e. The number of aryl methyl sites for hydroxylation is 1. The molecule has 0 radical (unpaired) electrons. The van der Waals surface area contributed by atoms with Gasteiger partial charge in [0.25, 0.3) is 11.8 Å². The first kappa shape index (κ1) is 38.4. The van der Waals surface area contributed by atoms with Gasteiger partial charge in [-0.15, -0.1) is 0 Å². The first-order chi connectivity index (χ1) is 24.6. The number of hydrogen-bond acceptors (Lipinski definition) is 8. The summed E-state index contributed by atoms with van der Waals surface area (Å²) in [6, 6.07) is 13.5. The van der Waals surface area contributed by atoms with Crippen LogP contribution >= 0.6 is 23.2 Å². The molecule has 0 aliphatic carbocycles. The molecule has 0 bridgehead atoms. The van der Waals surface area contributed by atoms with E-state index in [2.05, 4.69) is 15.3 Å². The number of anilines is 3. The fourth-order valence-corrected chi connectivity index (χ4v) is 6.42. The van der Waals surface area contributed by atoms with E-state index in [0.29, 0.717) is 65.1 Å². The molecule has 1 saturated heterocycles. The van der Waals surface area contributed by atoms with Crippen molar-refractivity contribution in [2.45, 2.75) is 71.1 Å². The molecule has 5 rings (SSSR count). The Kier molecular flexibility index (Phi) is 12.0. The number of nitrogen functional groups attached to an aromatic ring is 1. The van der Waals surface area contributed by atoms with Crippen LogP contribution in [0.1, 0.15) is 74.7 Å². The van der Waals surface area contributed by atoms with Gasteiger partial charge in [0.2, 0.25) is 5.91 Å². The molecule has 6 N–H and O–H groups in total. The summed E-state index contributed by atoms with van der Waals surface area (Å²) >= 11 is 12.3. The average Bonchev–Trinajstić information content (AvgIpc) is 3.49. The summed E-state index contributed by atoms with van der Waals surface area (Å²) in [6.07, 6.45) is 0.521. The minimum atomic E-state index is -1.15. The molecule has 2 atom stereocenters. The SMILES string of the molecule is CC[C@H](NC(=O)c1ccc(N2CCOCC2=O)c(CCCC(C(N)=O)N(C(=O)OC(C)(C)C)c2ccc(Cl)cc2N)c1)c1nc2ccc(Cl)cc2[nH]1. The molecule has 276 valence electrons. The van der Waals surface area contributed by atoms with Crippen molar-refractivity contribution in [1.29, 1.82) is 0 Å². The quantitative estimate of drug-likeness (QED) is 0.121. The number of nitrogens with one attached hydrogen (secondary N) is 2. The molecule has 2 heterocycles. The number of nitrogens with two attached hydrogens (primary N) is 2. The predicted octanol–water partition coefficient (Wildman–Crippen LogP) is 6.31. The summed E-state index contributed by atoms with van der Waals surface area (Å²) in [6.45, 7) is 7.68. The number of carbonyl (C=O) groups is 4. The third-order valence-corrected chi connectivity index (χ3v) is 9.00. The Morgan fingerprint density at radius 2 is 1.83 bits per heavy atom. The second kappa shape index (κ2) is 16.2. The molecule has 4 aromatic rings. The predicted molar refractivity (Wildman–Crippen MR) is 202 cm³/mol. The van der Waals surface area contributed by atoms with Gasteiger partial charge >= 0.3 is 6.09 Å². The van der Waals surface area contributed by atoms with Gasteiger partial charge in [-0.1, -0.05) is 30.1 Å². The lowest BCUT2D eigenvalue weighted by atomic mass is 9.98. The van der Waals surface area contributed by atoms with E-state index in [4.69, 9.17) is 44.1 Å². The van der Waals surface area contributed by atoms with Crippen molar-refractivity contribution in [2.24, 2.45) is 5.73 Å². The molecule has 1 aliphatic heterocycles. The number of ether oxygens (including phenoxy) is 2. The van der Waals surface area contributed by atoms with Crippen LogP contribution in [-0.4, -0.2) is 65.2 Å². The standard InChI is InChI=1S/C37H43Cl2N7O6/c1-5-26(34-42-27-12-10-24(39)19-28(27)43-34)44-35(49)22-9-13-29(45-15-16-51-20-32(45)47)21(17-22)7-6-8-31(33(41)48)46(36(50)52-37(2,3)4)30-14-11-23(38)18-25(30)40/h9-14,17-19,26,31H,5-8,15-16,20,40H2,1-4H3,(H2,41,48)(H,42,43)(H,44,49)/t26-,31?/m0/s1. The van der Waals surface area contributed by atoms with Gasteiger partial charge in [-0.25, -0.2) is 9.78 Å². The molecule has 52 heavy (non-hydrogen) atoms. The van der Waals surface area contributed by atoms with Gasteiger partial charge in [0, 0.05) is 27.8 Å². The number of fused-ring (bicyclic) bond motifs is 1. The Morgan fingerprint density at radius 3 is 2.50 bits per heavy atom. The van der Waals surface area contributed by atoms with Crippen LogP contribution in [0.15, 0.2) is 54.6 Å². The highest BCUT2D eigenvalue weighted by atomic mass is 35.5. The molecular formula is C37H43Cl2N7O6. The average molecular weight is 753 g/mol. The number of carbonyl (C=O) groups excluding carboxylic acids is 4. The molecule has 1 aromatic heterocycles. The number of benzene rings is 3. The van der Waals surface area contributed by atoms with E-state index in [1.807, 2.05) is 13.0 Å². The second-order valence-corrected chi connectivity index (χ2v) is 14.4. The molecule has 13 nitrogen and oxygen atoms in total. The molecule has 4 amide bonds. The Morgan fingerprint density at radius 1 is 1.10 bits per heavy atom. The zero-order valence-corrected chi connectivity index (χ0v) is 31.0. The van der Waals surface area contributed by atoms with Crippen LogP contribution in [0.4, 0.5) is 21.9 Å². The van der Waals surface area contributed by atoms with Crippen LogP contribution in [0.5, 0.6) is 0 Å². The fourth-order valence-electron chi connectivity index (χ4n) is 6.07. The van der Waals surface area contributed by atoms with E-state index >= 15 is 0 Å². The van der Waals surface area contributed by atoms with Crippen molar-refractivity contribution in [1.82, 2.24) is 15.3 Å². The number of morpholine rings is 1. The lowest BCUT2D eigenvalue weighted by Gasteiger charge is -2.33. The Balaban J connectivity index is 1.42. The van der Waals surface area contributed by atoms with E-state index in [-0.39, 0.29) is 36.2 Å². The monoisotopic (exact) mass is 751 g/mol. The van der Waals surface area contributed by atoms with Gasteiger partial charge in [-0.3, -0.25) is 19.3 Å². The zero-order chi connectivity index (χ0) is 37.7. The summed E-state index contributed by atoms with van der Waals surface area (Å²) in [5.74, 6) is -0.728. The Bertz CT molecular complexity index is 1980. The highest BCUT2D eigenvalue weighted by Crippen LogP contribution is 2.32. The van der Waals surface area contributed by atoms with Gasteiger partial charge < -0.3 is 36.1 Å². The van der Waals surface area contributed by atoms with Gasteiger partial charge in [-0.05, 0) is 107 Å². The van der Waals surface area contributed by atoms with Crippen LogP contribution in [-0.2, 0) is 25.5 Å². The Hall–Kier alpha value is -4.85. The molecule has 15 heteroatoms. The summed E-state index contributed by atoms with van der Waals surface area (Å²) in [7, 11) is 0. The van der Waals surface area contributed by atoms with Gasteiger partial charge in [0.15, 0.2) is 0 Å². The van der Waals surface area contributed by atoms with E-state index in [1.165, 1.54) is 12.1 Å². The highest BCUT2D eigenvalue weighted by Gasteiger charge is 2.34. The highest BCUT2D eigenvalue weighted by molar-refractivity contribution is 6.31. The lowest BCUT2D eigenvalue weighted by molar-refractivity contribution is -0.125. The van der Waals surface area contributed by atoms with Crippen LogP contribution in [0.25, 0.3) is 11.0 Å². The number of H-pyrrole nitrogens is 1. The maximum Gasteiger partial charge on any atom is 0.415 e. The van der Waals surface area contributed by atoms with Crippen LogP contribution in [0.2, 0.25) is 10.0 Å². The van der Waals surface area contributed by atoms with Crippen LogP contribution in [0, 0.1) is 0 Å². The molecule has 3 aromatic carbocycles. The Labute approximate surface area is 311 Å². The smallest absolute Gasteiger partial charge is 0.415 e. The topological polar surface area (TPSA) is 186 Å². The van der Waals surface area contributed by atoms with E-state index in [0.717, 1.165) is 15.9 Å². The molecular weight excluding hydrogens is 709 g/mol. The second-order valence-electron chi connectivity index (χ2n) is 13.5. The number of rotatable bonds is 12. The minimum absolute atomic E-state index is 0.0698. The van der Waals surface area contributed by atoms with Crippen molar-refractivity contribution in [3.05, 3.63) is 81.6 Å². The summed E-state index contributed by atoms with van der Waals surface area (Å²) < 4.78 is 11.0. The number of imidazole rings is 1. The van der Waals surface area contributed by atoms with Crippen molar-refractivity contribution in [2.75, 3.05) is 35.3 Å². The molecule has 0 saturated carbocycles. The van der Waals surface area contributed by atoms with E-state index in [9.17, 15) is 19.2 Å². The number of aromatic amines is 1. The number of amides is 4. The van der Waals surface area contributed by atoms with Gasteiger partial charge in [0.1, 0.15) is 24.1 Å². The third kappa shape index (κ3) is 9.14. The van der Waals surface area contributed by atoms with Gasteiger partial charge in [-0.2, -0.15) is 0 Å². The van der Waals surface area contributed by atoms with E-state index in [1.54, 1.807) is 62.1 Å². The van der Waals surface area contributed by atoms with Crippen molar-refractivity contribution < 1.29 is 28.7 Å². The van der Waals surface area contributed by atoms with Crippen molar-refractivity contribution >= 4 is 75.1 Å². The van der Waals surface area contributed by atoms with Crippen LogP contribution < -0.4 is 26.6 Å². The van der Waals surface area contributed by atoms with Crippen molar-refractivity contribution in [3.63, 3.8) is 0 Å². The first-order valence-electron chi connectivity index (χ1n) is 17.0. The maximum absolute atomic E-state index is 13.7. The fraction of sp³-hybridized carbons (Fsp3) is 0.378.